The highest BCUT2D eigenvalue weighted by Crippen LogP contribution is 2.27. The average molecular weight is 272 g/mol. The number of nitrogens with one attached hydrogen (secondary N) is 1. The minimum Gasteiger partial charge on any atom is -0.271 e. The molecule has 2 rings (SSSR count). The zero-order valence-corrected chi connectivity index (χ0v) is 11.2. The van der Waals surface area contributed by atoms with Crippen molar-refractivity contribution in [2.45, 2.75) is 17.7 Å². The molecule has 94 valence electrons. The standard InChI is InChI=1S/C12H17FN2S2/c13-10-3-1-2-9(6-10)7-11(15-14)12-8-16-4-5-17-12/h1-3,6,11-12,15H,4-5,7-8,14H2. The largest absolute Gasteiger partial charge is 0.271 e. The lowest BCUT2D eigenvalue weighted by Gasteiger charge is -2.29. The van der Waals surface area contributed by atoms with Crippen LogP contribution in [0.3, 0.4) is 0 Å². The Morgan fingerprint density at radius 2 is 2.35 bits per heavy atom. The molecule has 1 fully saturated rings. The number of halogens is 1. The van der Waals surface area contributed by atoms with Crippen molar-refractivity contribution in [2.75, 3.05) is 17.3 Å². The van der Waals surface area contributed by atoms with Crippen LogP contribution in [-0.4, -0.2) is 28.6 Å². The molecular weight excluding hydrogens is 255 g/mol. The average Bonchev–Trinajstić information content (AvgIpc) is 2.37. The molecule has 1 aliphatic rings. The lowest BCUT2D eigenvalue weighted by molar-refractivity contribution is 0.521. The first kappa shape index (κ1) is 13.2. The molecule has 1 aromatic rings. The number of thioether (sulfide) groups is 2. The summed E-state index contributed by atoms with van der Waals surface area (Å²) in [5.74, 6) is 8.96. The van der Waals surface area contributed by atoms with Gasteiger partial charge in [0, 0.05) is 28.6 Å². The first-order valence-electron chi connectivity index (χ1n) is 5.69. The Bertz CT molecular complexity index is 356. The van der Waals surface area contributed by atoms with E-state index < -0.39 is 0 Å². The van der Waals surface area contributed by atoms with Crippen molar-refractivity contribution >= 4 is 23.5 Å². The van der Waals surface area contributed by atoms with E-state index in [1.807, 2.05) is 29.6 Å². The smallest absolute Gasteiger partial charge is 0.123 e. The van der Waals surface area contributed by atoms with Crippen LogP contribution < -0.4 is 11.3 Å². The predicted octanol–water partition coefficient (Wildman–Crippen LogP) is 2.05. The van der Waals surface area contributed by atoms with Gasteiger partial charge in [0.15, 0.2) is 0 Å². The van der Waals surface area contributed by atoms with Gasteiger partial charge in [-0.1, -0.05) is 12.1 Å². The van der Waals surface area contributed by atoms with Crippen LogP contribution in [0.15, 0.2) is 24.3 Å². The van der Waals surface area contributed by atoms with Gasteiger partial charge in [-0.2, -0.15) is 23.5 Å². The maximum atomic E-state index is 13.1. The van der Waals surface area contributed by atoms with Crippen molar-refractivity contribution < 1.29 is 4.39 Å². The van der Waals surface area contributed by atoms with E-state index in [1.165, 1.54) is 17.6 Å². The Hall–Kier alpha value is -0.230. The Labute approximate surface area is 110 Å². The second-order valence-corrected chi connectivity index (χ2v) is 6.59. The Morgan fingerprint density at radius 3 is 3.00 bits per heavy atom. The summed E-state index contributed by atoms with van der Waals surface area (Å²) in [7, 11) is 0. The normalized spacial score (nSPS) is 22.4. The molecule has 2 nitrogen and oxygen atoms in total. The monoisotopic (exact) mass is 272 g/mol. The molecule has 1 aliphatic heterocycles. The van der Waals surface area contributed by atoms with E-state index in [0.717, 1.165) is 17.7 Å². The summed E-state index contributed by atoms with van der Waals surface area (Å²) < 4.78 is 13.1. The molecule has 0 aromatic heterocycles. The number of hydrazine groups is 1. The topological polar surface area (TPSA) is 38.0 Å². The van der Waals surface area contributed by atoms with Crippen molar-refractivity contribution in [1.82, 2.24) is 5.43 Å². The predicted molar refractivity (Wildman–Crippen MR) is 74.8 cm³/mol. The van der Waals surface area contributed by atoms with Gasteiger partial charge in [-0.15, -0.1) is 0 Å². The molecule has 1 saturated heterocycles. The number of hydrogen-bond acceptors (Lipinski definition) is 4. The van der Waals surface area contributed by atoms with Crippen molar-refractivity contribution in [3.05, 3.63) is 35.6 Å². The third kappa shape index (κ3) is 3.88. The summed E-state index contributed by atoms with van der Waals surface area (Å²) in [6.45, 7) is 0. The van der Waals surface area contributed by atoms with Crippen LogP contribution in [0.2, 0.25) is 0 Å². The van der Waals surface area contributed by atoms with Crippen molar-refractivity contribution in [1.29, 1.82) is 0 Å². The quantitative estimate of drug-likeness (QED) is 0.650. The highest BCUT2D eigenvalue weighted by molar-refractivity contribution is 8.06. The third-order valence-electron chi connectivity index (χ3n) is 2.85. The van der Waals surface area contributed by atoms with Gasteiger partial charge in [-0.3, -0.25) is 11.3 Å². The number of hydrogen-bond donors (Lipinski definition) is 2. The minimum absolute atomic E-state index is 0.177. The van der Waals surface area contributed by atoms with Gasteiger partial charge in [-0.25, -0.2) is 4.39 Å². The molecule has 17 heavy (non-hydrogen) atoms. The van der Waals surface area contributed by atoms with Crippen LogP contribution in [0.25, 0.3) is 0 Å². The molecule has 2 atom stereocenters. The molecule has 1 aromatic carbocycles. The van der Waals surface area contributed by atoms with Crippen LogP contribution in [0.1, 0.15) is 5.56 Å². The maximum Gasteiger partial charge on any atom is 0.123 e. The van der Waals surface area contributed by atoms with E-state index in [-0.39, 0.29) is 11.9 Å². The summed E-state index contributed by atoms with van der Waals surface area (Å²) in [6.07, 6.45) is 0.784. The highest BCUT2D eigenvalue weighted by Gasteiger charge is 2.23. The van der Waals surface area contributed by atoms with Gasteiger partial charge >= 0.3 is 0 Å². The molecule has 5 heteroatoms. The minimum atomic E-state index is -0.177. The summed E-state index contributed by atoms with van der Waals surface area (Å²) in [5.41, 5.74) is 3.89. The number of benzene rings is 1. The lowest BCUT2D eigenvalue weighted by atomic mass is 10.0. The van der Waals surface area contributed by atoms with Gasteiger partial charge in [0.1, 0.15) is 5.82 Å². The summed E-state index contributed by atoms with van der Waals surface area (Å²) in [5, 5.41) is 0.516. The van der Waals surface area contributed by atoms with Crippen molar-refractivity contribution in [3.8, 4) is 0 Å². The number of rotatable bonds is 4. The van der Waals surface area contributed by atoms with E-state index in [1.54, 1.807) is 12.1 Å². The van der Waals surface area contributed by atoms with Crippen LogP contribution in [-0.2, 0) is 6.42 Å². The molecule has 3 N–H and O–H groups in total. The molecule has 1 heterocycles. The molecule has 0 spiro atoms. The van der Waals surface area contributed by atoms with Crippen molar-refractivity contribution in [3.63, 3.8) is 0 Å². The summed E-state index contributed by atoms with van der Waals surface area (Å²) in [6, 6.07) is 6.98. The van der Waals surface area contributed by atoms with E-state index in [9.17, 15) is 4.39 Å². The SMILES string of the molecule is NNC(Cc1cccc(F)c1)C1CSCCS1. The molecule has 0 aliphatic carbocycles. The first-order chi connectivity index (χ1) is 8.29. The fraction of sp³-hybridized carbons (Fsp3) is 0.500. The van der Waals surface area contributed by atoms with E-state index >= 15 is 0 Å². The van der Waals surface area contributed by atoms with Gasteiger partial charge in [0.05, 0.1) is 0 Å². The van der Waals surface area contributed by atoms with E-state index in [2.05, 4.69) is 5.43 Å². The zero-order chi connectivity index (χ0) is 12.1. The van der Waals surface area contributed by atoms with Gasteiger partial charge in [-0.05, 0) is 24.1 Å². The molecule has 0 radical (unpaired) electrons. The van der Waals surface area contributed by atoms with E-state index in [0.29, 0.717) is 5.25 Å². The summed E-state index contributed by atoms with van der Waals surface area (Å²) in [4.78, 5) is 0. The van der Waals surface area contributed by atoms with Gasteiger partial charge < -0.3 is 0 Å². The van der Waals surface area contributed by atoms with Gasteiger partial charge in [0.2, 0.25) is 0 Å². The Balaban J connectivity index is 1.98. The molecule has 0 amide bonds. The second-order valence-electron chi connectivity index (χ2n) is 4.09. The first-order valence-corrected chi connectivity index (χ1v) is 7.90. The van der Waals surface area contributed by atoms with Crippen molar-refractivity contribution in [2.24, 2.45) is 5.84 Å². The molecular formula is C12H17FN2S2. The highest BCUT2D eigenvalue weighted by atomic mass is 32.2. The van der Waals surface area contributed by atoms with E-state index in [4.69, 9.17) is 5.84 Å². The van der Waals surface area contributed by atoms with Crippen LogP contribution in [0.4, 0.5) is 4.39 Å². The molecule has 0 saturated carbocycles. The Kier molecular flexibility index (Phi) is 5.16. The third-order valence-corrected chi connectivity index (χ3v) is 5.77. The van der Waals surface area contributed by atoms with Crippen LogP contribution in [0, 0.1) is 5.82 Å². The zero-order valence-electron chi connectivity index (χ0n) is 9.56. The number of nitrogens with two attached hydrogens (primary N) is 1. The Morgan fingerprint density at radius 1 is 1.47 bits per heavy atom. The van der Waals surface area contributed by atoms with Crippen LogP contribution >= 0.6 is 23.5 Å². The molecule has 0 bridgehead atoms. The summed E-state index contributed by atoms with van der Waals surface area (Å²) >= 11 is 3.93. The fourth-order valence-corrected chi connectivity index (χ4v) is 4.82. The molecule has 2 unspecified atom stereocenters. The van der Waals surface area contributed by atoms with Crippen LogP contribution in [0.5, 0.6) is 0 Å². The maximum absolute atomic E-state index is 13.1. The lowest BCUT2D eigenvalue weighted by Crippen LogP contribution is -2.46. The second kappa shape index (κ2) is 6.64. The fourth-order valence-electron chi connectivity index (χ4n) is 1.95. The van der Waals surface area contributed by atoms with Gasteiger partial charge in [0.25, 0.3) is 0 Å².